The van der Waals surface area contributed by atoms with E-state index in [4.69, 9.17) is 10.5 Å². The van der Waals surface area contributed by atoms with Crippen molar-refractivity contribution in [3.8, 4) is 17.0 Å². The zero-order valence-electron chi connectivity index (χ0n) is 13.4. The number of H-pyrrole nitrogens is 2. The van der Waals surface area contributed by atoms with E-state index in [0.717, 1.165) is 22.3 Å². The van der Waals surface area contributed by atoms with Crippen LogP contribution in [0.3, 0.4) is 0 Å². The number of nitrogens with two attached hydrogens (primary N) is 1. The standard InChI is InChI=1S/C16H16N8O/c1-25-13-7-9(11-3-5-20-24-11)6-12-14(13)15(22-16(17)21-12)18-8-10-2-4-19-23-10/h2-7H,8H2,1H3,(H,19,23)(H,20,24)(H3,17,18,21,22). The summed E-state index contributed by atoms with van der Waals surface area (Å²) in [5, 5.41) is 17.8. The van der Waals surface area contributed by atoms with Gasteiger partial charge < -0.3 is 15.8 Å². The number of rotatable bonds is 5. The van der Waals surface area contributed by atoms with E-state index in [9.17, 15) is 0 Å². The van der Waals surface area contributed by atoms with Crippen molar-refractivity contribution in [2.24, 2.45) is 0 Å². The van der Waals surface area contributed by atoms with Crippen molar-refractivity contribution in [1.82, 2.24) is 30.4 Å². The summed E-state index contributed by atoms with van der Waals surface area (Å²) >= 11 is 0. The first-order chi connectivity index (χ1) is 12.2. The lowest BCUT2D eigenvalue weighted by Gasteiger charge is -2.13. The molecule has 0 aliphatic carbocycles. The van der Waals surface area contributed by atoms with Gasteiger partial charge in [-0.1, -0.05) is 0 Å². The zero-order valence-corrected chi connectivity index (χ0v) is 13.4. The molecule has 0 radical (unpaired) electrons. The van der Waals surface area contributed by atoms with Crippen molar-refractivity contribution in [2.75, 3.05) is 18.2 Å². The Bertz CT molecular complexity index is 995. The maximum Gasteiger partial charge on any atom is 0.222 e. The first kappa shape index (κ1) is 14.9. The lowest BCUT2D eigenvalue weighted by molar-refractivity contribution is 0.420. The molecule has 9 heteroatoms. The summed E-state index contributed by atoms with van der Waals surface area (Å²) in [6, 6.07) is 7.59. The lowest BCUT2D eigenvalue weighted by atomic mass is 10.1. The summed E-state index contributed by atoms with van der Waals surface area (Å²) in [4.78, 5) is 8.68. The Morgan fingerprint density at radius 1 is 1.12 bits per heavy atom. The Morgan fingerprint density at radius 2 is 1.96 bits per heavy atom. The molecule has 0 aliphatic rings. The molecule has 126 valence electrons. The van der Waals surface area contributed by atoms with Gasteiger partial charge in [0.1, 0.15) is 11.6 Å². The molecule has 0 saturated carbocycles. The summed E-state index contributed by atoms with van der Waals surface area (Å²) in [5.74, 6) is 1.43. The predicted octanol–water partition coefficient (Wildman–Crippen LogP) is 1.95. The highest BCUT2D eigenvalue weighted by atomic mass is 16.5. The summed E-state index contributed by atoms with van der Waals surface area (Å²) in [7, 11) is 1.61. The van der Waals surface area contributed by atoms with Crippen LogP contribution in [-0.2, 0) is 6.54 Å². The number of nitrogens with one attached hydrogen (secondary N) is 3. The summed E-state index contributed by atoms with van der Waals surface area (Å²) < 4.78 is 5.57. The Morgan fingerprint density at radius 3 is 2.68 bits per heavy atom. The highest BCUT2D eigenvalue weighted by Gasteiger charge is 2.15. The molecular formula is C16H16N8O. The van der Waals surface area contributed by atoms with Crippen LogP contribution >= 0.6 is 0 Å². The largest absolute Gasteiger partial charge is 0.496 e. The number of nitrogen functional groups attached to an aromatic ring is 1. The molecule has 0 bridgehead atoms. The molecule has 0 atom stereocenters. The van der Waals surface area contributed by atoms with E-state index in [1.807, 2.05) is 24.3 Å². The average molecular weight is 336 g/mol. The Labute approximate surface area is 142 Å². The van der Waals surface area contributed by atoms with Crippen LogP contribution in [0.2, 0.25) is 0 Å². The molecule has 4 aromatic rings. The smallest absolute Gasteiger partial charge is 0.222 e. The van der Waals surface area contributed by atoms with Crippen molar-refractivity contribution in [3.63, 3.8) is 0 Å². The van der Waals surface area contributed by atoms with E-state index in [0.29, 0.717) is 23.6 Å². The SMILES string of the molecule is COc1cc(-c2ccn[nH]2)cc2nc(N)nc(NCc3ccn[nH]3)c12. The van der Waals surface area contributed by atoms with Gasteiger partial charge in [-0.05, 0) is 24.3 Å². The van der Waals surface area contributed by atoms with E-state index in [-0.39, 0.29) is 5.95 Å². The maximum absolute atomic E-state index is 5.89. The average Bonchev–Trinajstić information content (AvgIpc) is 3.31. The molecule has 0 unspecified atom stereocenters. The van der Waals surface area contributed by atoms with Crippen LogP contribution in [-0.4, -0.2) is 37.5 Å². The van der Waals surface area contributed by atoms with E-state index < -0.39 is 0 Å². The van der Waals surface area contributed by atoms with Crippen LogP contribution < -0.4 is 15.8 Å². The number of ether oxygens (including phenoxy) is 1. The summed E-state index contributed by atoms with van der Waals surface area (Å²) in [6.07, 6.45) is 3.39. The first-order valence-electron chi connectivity index (χ1n) is 7.61. The fraction of sp³-hybridized carbons (Fsp3) is 0.125. The quantitative estimate of drug-likeness (QED) is 0.438. The van der Waals surface area contributed by atoms with Gasteiger partial charge in [0.05, 0.1) is 35.9 Å². The molecule has 0 aliphatic heterocycles. The molecule has 1 aromatic carbocycles. The van der Waals surface area contributed by atoms with Gasteiger partial charge in [-0.25, -0.2) is 4.98 Å². The second kappa shape index (κ2) is 6.11. The Kier molecular flexibility index (Phi) is 3.65. The summed E-state index contributed by atoms with van der Waals surface area (Å²) in [5.41, 5.74) is 9.27. The van der Waals surface area contributed by atoms with Crippen molar-refractivity contribution >= 4 is 22.7 Å². The number of nitrogens with zero attached hydrogens (tertiary/aromatic N) is 4. The Balaban J connectivity index is 1.82. The fourth-order valence-electron chi connectivity index (χ4n) is 2.67. The lowest BCUT2D eigenvalue weighted by Crippen LogP contribution is -2.06. The Hall–Kier alpha value is -3.62. The monoisotopic (exact) mass is 336 g/mol. The number of anilines is 2. The molecule has 4 rings (SSSR count). The molecule has 0 spiro atoms. The highest BCUT2D eigenvalue weighted by molar-refractivity contribution is 5.98. The van der Waals surface area contributed by atoms with Gasteiger partial charge in [-0.15, -0.1) is 0 Å². The van der Waals surface area contributed by atoms with E-state index in [1.54, 1.807) is 19.5 Å². The van der Waals surface area contributed by atoms with E-state index in [1.165, 1.54) is 0 Å². The van der Waals surface area contributed by atoms with Gasteiger partial charge in [-0.3, -0.25) is 10.2 Å². The van der Waals surface area contributed by atoms with Crippen molar-refractivity contribution in [2.45, 2.75) is 6.54 Å². The third-order valence-electron chi connectivity index (χ3n) is 3.82. The minimum absolute atomic E-state index is 0.184. The van der Waals surface area contributed by atoms with E-state index in [2.05, 4.69) is 35.7 Å². The molecule has 3 heterocycles. The predicted molar refractivity (Wildman–Crippen MR) is 94.0 cm³/mol. The fourth-order valence-corrected chi connectivity index (χ4v) is 2.67. The molecule has 0 amide bonds. The molecule has 9 nitrogen and oxygen atoms in total. The number of benzene rings is 1. The van der Waals surface area contributed by atoms with Crippen LogP contribution in [0.1, 0.15) is 5.69 Å². The van der Waals surface area contributed by atoms with Crippen LogP contribution in [0.4, 0.5) is 11.8 Å². The third-order valence-corrected chi connectivity index (χ3v) is 3.82. The van der Waals surface area contributed by atoms with Gasteiger partial charge in [-0.2, -0.15) is 15.2 Å². The van der Waals surface area contributed by atoms with Crippen LogP contribution in [0.5, 0.6) is 5.75 Å². The molecule has 0 fully saturated rings. The zero-order chi connectivity index (χ0) is 17.2. The van der Waals surface area contributed by atoms with Crippen molar-refractivity contribution < 1.29 is 4.74 Å². The topological polar surface area (TPSA) is 130 Å². The molecular weight excluding hydrogens is 320 g/mol. The maximum atomic E-state index is 5.89. The van der Waals surface area contributed by atoms with Gasteiger partial charge >= 0.3 is 0 Å². The van der Waals surface area contributed by atoms with E-state index >= 15 is 0 Å². The van der Waals surface area contributed by atoms with Gasteiger partial charge in [0.15, 0.2) is 0 Å². The molecule has 25 heavy (non-hydrogen) atoms. The van der Waals surface area contributed by atoms with Crippen LogP contribution in [0.15, 0.2) is 36.7 Å². The number of aromatic nitrogens is 6. The number of hydrogen-bond donors (Lipinski definition) is 4. The first-order valence-corrected chi connectivity index (χ1v) is 7.61. The van der Waals surface area contributed by atoms with Gasteiger partial charge in [0.2, 0.25) is 5.95 Å². The number of fused-ring (bicyclic) bond motifs is 1. The third kappa shape index (κ3) is 2.82. The van der Waals surface area contributed by atoms with Crippen LogP contribution in [0, 0.1) is 0 Å². The number of methoxy groups -OCH3 is 1. The van der Waals surface area contributed by atoms with Crippen LogP contribution in [0.25, 0.3) is 22.2 Å². The summed E-state index contributed by atoms with van der Waals surface area (Å²) in [6.45, 7) is 0.525. The second-order valence-electron chi connectivity index (χ2n) is 5.41. The molecule has 5 N–H and O–H groups in total. The second-order valence-corrected chi connectivity index (χ2v) is 5.41. The minimum atomic E-state index is 0.184. The van der Waals surface area contributed by atoms with Crippen molar-refractivity contribution in [1.29, 1.82) is 0 Å². The molecule has 3 aromatic heterocycles. The number of hydrogen-bond acceptors (Lipinski definition) is 7. The minimum Gasteiger partial charge on any atom is -0.496 e. The normalized spacial score (nSPS) is 10.9. The highest BCUT2D eigenvalue weighted by Crippen LogP contribution is 2.35. The molecule has 0 saturated heterocycles. The van der Waals surface area contributed by atoms with Gasteiger partial charge in [0.25, 0.3) is 0 Å². The number of aromatic amines is 2. The van der Waals surface area contributed by atoms with Gasteiger partial charge in [0, 0.05) is 18.0 Å². The van der Waals surface area contributed by atoms with Crippen molar-refractivity contribution in [3.05, 3.63) is 42.4 Å².